The molecule has 14 atom stereocenters. The lowest BCUT2D eigenvalue weighted by Gasteiger charge is -2.63. The van der Waals surface area contributed by atoms with Gasteiger partial charge in [0.1, 0.15) is 18.2 Å². The zero-order valence-corrected chi connectivity index (χ0v) is 30.1. The van der Waals surface area contributed by atoms with E-state index in [0.717, 1.165) is 45.1 Å². The lowest BCUT2D eigenvalue weighted by Crippen LogP contribution is -2.60. The van der Waals surface area contributed by atoms with Crippen molar-refractivity contribution in [2.24, 2.45) is 50.7 Å². The van der Waals surface area contributed by atoms with Crippen LogP contribution >= 0.6 is 0 Å². The van der Waals surface area contributed by atoms with Crippen LogP contribution in [0.1, 0.15) is 107 Å². The van der Waals surface area contributed by atoms with Crippen LogP contribution in [0.5, 0.6) is 0 Å². The minimum absolute atomic E-state index is 0.0137. The second-order valence-electron chi connectivity index (χ2n) is 18.6. The number of hydrogen-bond acceptors (Lipinski definition) is 8. The van der Waals surface area contributed by atoms with Gasteiger partial charge in [-0.05, 0) is 119 Å². The maximum atomic E-state index is 13.4. The van der Waals surface area contributed by atoms with Gasteiger partial charge in [-0.1, -0.05) is 34.6 Å². The molecule has 0 bridgehead atoms. The van der Waals surface area contributed by atoms with Crippen molar-refractivity contribution in [1.82, 2.24) is 4.90 Å². The van der Waals surface area contributed by atoms with Crippen LogP contribution in [0.3, 0.4) is 0 Å². The van der Waals surface area contributed by atoms with Crippen molar-refractivity contribution in [3.8, 4) is 0 Å². The van der Waals surface area contributed by atoms with E-state index in [1.807, 2.05) is 27.8 Å². The molecule has 7 aliphatic rings. The Morgan fingerprint density at radius 2 is 1.76 bits per heavy atom. The van der Waals surface area contributed by atoms with Crippen LogP contribution in [0.25, 0.3) is 0 Å². The van der Waals surface area contributed by atoms with Crippen molar-refractivity contribution in [2.75, 3.05) is 33.4 Å². The standard InChI is InChI=1S/C38H63NO7/c1-10-44-31(34(5,6)42)24-19-22(2)28-29(45-24)30(40)36(8)26-12-11-25-33(3,4)27(46-32(41)23-20-43-18-17-39(23)9)13-14-37(25)21-38(26,37)16-15-35(28,36)7/h22-31,40,42H,10-21H2,1-9H3/t22-,23+,24-,25+,26+,27+,28+,29+,30+,31+,35-,36-,37?,38+/m1/s1. The molecule has 2 heterocycles. The Kier molecular flexibility index (Phi) is 7.96. The Morgan fingerprint density at radius 1 is 1.07 bits per heavy atom. The third-order valence-electron chi connectivity index (χ3n) is 16.1. The molecule has 7 rings (SSSR count). The van der Waals surface area contributed by atoms with Gasteiger partial charge in [-0.3, -0.25) is 9.69 Å². The van der Waals surface area contributed by atoms with Crippen molar-refractivity contribution in [1.29, 1.82) is 0 Å². The summed E-state index contributed by atoms with van der Waals surface area (Å²) < 4.78 is 25.1. The van der Waals surface area contributed by atoms with E-state index in [2.05, 4.69) is 39.5 Å². The zero-order valence-electron chi connectivity index (χ0n) is 30.1. The molecule has 8 nitrogen and oxygen atoms in total. The molecule has 2 aliphatic heterocycles. The minimum Gasteiger partial charge on any atom is -0.461 e. The molecule has 2 saturated heterocycles. The van der Waals surface area contributed by atoms with E-state index in [9.17, 15) is 15.0 Å². The molecule has 0 radical (unpaired) electrons. The summed E-state index contributed by atoms with van der Waals surface area (Å²) in [6, 6.07) is -0.316. The number of aliphatic hydroxyl groups is 2. The molecule has 5 saturated carbocycles. The van der Waals surface area contributed by atoms with Crippen LogP contribution in [-0.2, 0) is 23.7 Å². The van der Waals surface area contributed by atoms with E-state index >= 15 is 0 Å². The number of likely N-dealkylation sites (N-methyl/N-ethyl adjacent to an activating group) is 1. The number of hydrogen-bond donors (Lipinski definition) is 2. The van der Waals surface area contributed by atoms with E-state index in [1.54, 1.807) is 0 Å². The first-order valence-corrected chi connectivity index (χ1v) is 18.7. The number of fused-ring (bicyclic) bond motifs is 4. The Morgan fingerprint density at radius 3 is 2.43 bits per heavy atom. The maximum Gasteiger partial charge on any atom is 0.326 e. The minimum atomic E-state index is -1.03. The van der Waals surface area contributed by atoms with E-state index in [1.165, 1.54) is 12.8 Å². The molecule has 46 heavy (non-hydrogen) atoms. The number of rotatable bonds is 6. The Bertz CT molecular complexity index is 1200. The summed E-state index contributed by atoms with van der Waals surface area (Å²) in [6.45, 7) is 19.9. The average molecular weight is 646 g/mol. The number of nitrogens with zero attached hydrogens (tertiary/aromatic N) is 1. The third kappa shape index (κ3) is 4.34. The highest BCUT2D eigenvalue weighted by Crippen LogP contribution is 2.89. The number of esters is 1. The van der Waals surface area contributed by atoms with Gasteiger partial charge < -0.3 is 29.2 Å². The van der Waals surface area contributed by atoms with Crippen molar-refractivity contribution in [3.05, 3.63) is 0 Å². The third-order valence-corrected chi connectivity index (χ3v) is 16.1. The lowest BCUT2D eigenvalue weighted by atomic mass is 9.41. The zero-order chi connectivity index (χ0) is 33.2. The van der Waals surface area contributed by atoms with Gasteiger partial charge in [-0.2, -0.15) is 0 Å². The molecule has 8 heteroatoms. The van der Waals surface area contributed by atoms with Gasteiger partial charge >= 0.3 is 5.97 Å². The molecular weight excluding hydrogens is 582 g/mol. The largest absolute Gasteiger partial charge is 0.461 e. The first-order chi connectivity index (χ1) is 21.5. The Hall–Kier alpha value is -0.770. The van der Waals surface area contributed by atoms with Gasteiger partial charge in [0.25, 0.3) is 0 Å². The predicted octanol–water partition coefficient (Wildman–Crippen LogP) is 5.22. The van der Waals surface area contributed by atoms with Crippen molar-refractivity contribution in [2.45, 2.75) is 149 Å². The number of aliphatic hydroxyl groups excluding tert-OH is 1. The van der Waals surface area contributed by atoms with E-state index in [4.69, 9.17) is 18.9 Å². The fraction of sp³-hybridized carbons (Fsp3) is 0.974. The fourth-order valence-corrected chi connectivity index (χ4v) is 13.8. The van der Waals surface area contributed by atoms with Crippen molar-refractivity contribution >= 4 is 5.97 Å². The van der Waals surface area contributed by atoms with E-state index in [0.29, 0.717) is 37.6 Å². The Labute approximate surface area is 277 Å². The van der Waals surface area contributed by atoms with Gasteiger partial charge in [-0.15, -0.1) is 0 Å². The highest BCUT2D eigenvalue weighted by atomic mass is 16.6. The van der Waals surface area contributed by atoms with Crippen LogP contribution in [0.4, 0.5) is 0 Å². The number of ether oxygens (including phenoxy) is 4. The maximum absolute atomic E-state index is 13.4. The second-order valence-corrected chi connectivity index (χ2v) is 18.6. The van der Waals surface area contributed by atoms with Gasteiger partial charge in [0.15, 0.2) is 0 Å². The molecule has 2 N–H and O–H groups in total. The quantitative estimate of drug-likeness (QED) is 0.380. The number of morpholine rings is 1. The summed E-state index contributed by atoms with van der Waals surface area (Å²) in [6.07, 6.45) is 7.15. The van der Waals surface area contributed by atoms with E-state index < -0.39 is 17.8 Å². The van der Waals surface area contributed by atoms with E-state index in [-0.39, 0.29) is 63.3 Å². The summed E-state index contributed by atoms with van der Waals surface area (Å²) in [5, 5.41) is 23.6. The van der Waals surface area contributed by atoms with Crippen LogP contribution in [0, 0.1) is 50.7 Å². The highest BCUT2D eigenvalue weighted by molar-refractivity contribution is 5.76. The molecule has 0 aromatic heterocycles. The average Bonchev–Trinajstić information content (AvgIpc) is 3.61. The summed E-state index contributed by atoms with van der Waals surface area (Å²) in [4.78, 5) is 15.5. The monoisotopic (exact) mass is 645 g/mol. The van der Waals surface area contributed by atoms with Gasteiger partial charge in [0.05, 0.1) is 37.1 Å². The molecular formula is C38H63NO7. The van der Waals surface area contributed by atoms with Gasteiger partial charge in [0.2, 0.25) is 0 Å². The molecule has 0 amide bonds. The van der Waals surface area contributed by atoms with Crippen LogP contribution in [0.2, 0.25) is 0 Å². The van der Waals surface area contributed by atoms with Crippen LogP contribution < -0.4 is 0 Å². The van der Waals surface area contributed by atoms with Crippen LogP contribution in [0.15, 0.2) is 0 Å². The molecule has 7 fully saturated rings. The SMILES string of the molecule is CCO[C@@H]([C@H]1C[C@@H](C)[C@H]2[C@H](O1)[C@H](O)[C@@]1(C)[C@@H]3CC[C@H]4C(C)(C)[C@@H](OC(=O)[C@@H]5COCCN5C)CCC45C[C@@]35CC[C@]21C)C(C)(C)O. The lowest BCUT2D eigenvalue weighted by molar-refractivity contribution is -0.215. The molecule has 0 aromatic carbocycles. The van der Waals surface area contributed by atoms with Gasteiger partial charge in [-0.25, -0.2) is 0 Å². The summed E-state index contributed by atoms with van der Waals surface area (Å²) in [5.74, 6) is 1.48. The molecule has 5 aliphatic carbocycles. The summed E-state index contributed by atoms with van der Waals surface area (Å²) in [7, 11) is 1.99. The first-order valence-electron chi connectivity index (χ1n) is 18.7. The van der Waals surface area contributed by atoms with Crippen molar-refractivity contribution < 1.29 is 34.0 Å². The smallest absolute Gasteiger partial charge is 0.326 e. The van der Waals surface area contributed by atoms with Crippen LogP contribution in [-0.4, -0.2) is 96.7 Å². The Balaban J connectivity index is 1.14. The number of carbonyl (C=O) groups is 1. The highest BCUT2D eigenvalue weighted by Gasteiger charge is 2.84. The molecule has 262 valence electrons. The summed E-state index contributed by atoms with van der Waals surface area (Å²) in [5.41, 5.74) is -0.878. The fourth-order valence-electron chi connectivity index (χ4n) is 13.8. The molecule has 2 spiro atoms. The topological polar surface area (TPSA) is 97.7 Å². The normalized spacial score (nSPS) is 51.9. The molecule has 1 unspecified atom stereocenters. The molecule has 0 aromatic rings. The van der Waals surface area contributed by atoms with Crippen molar-refractivity contribution in [3.63, 3.8) is 0 Å². The first kappa shape index (κ1) is 33.7. The van der Waals surface area contributed by atoms with Gasteiger partial charge in [0, 0.05) is 24.0 Å². The second kappa shape index (κ2) is 10.9. The predicted molar refractivity (Wildman–Crippen MR) is 175 cm³/mol. The number of carbonyl (C=O) groups excluding carboxylic acids is 1. The summed E-state index contributed by atoms with van der Waals surface area (Å²) >= 11 is 0.